The fraction of sp³-hybridized carbons (Fsp3) is 0.324. The maximum Gasteiger partial charge on any atom is 0.264 e. The van der Waals surface area contributed by atoms with Crippen LogP contribution in [0.1, 0.15) is 171 Å². The van der Waals surface area contributed by atoms with Crippen molar-refractivity contribution in [2.75, 3.05) is 23.8 Å². The first-order chi connectivity index (χ1) is 38.7. The van der Waals surface area contributed by atoms with Crippen molar-refractivity contribution in [1.29, 1.82) is 0 Å². The highest BCUT2D eigenvalue weighted by Crippen LogP contribution is 2.44. The Bertz CT molecular complexity index is 3360. The highest BCUT2D eigenvalue weighted by Gasteiger charge is 2.29. The second kappa shape index (κ2) is 23.9. The molecule has 2 aromatic heterocycles. The van der Waals surface area contributed by atoms with Crippen molar-refractivity contribution < 1.29 is 29.3 Å². The molecule has 424 valence electrons. The number of rotatable bonds is 12. The molecule has 0 saturated carbocycles. The number of ether oxygens (including phenoxy) is 2. The van der Waals surface area contributed by atoms with Gasteiger partial charge in [0.1, 0.15) is 33.0 Å². The molecule has 1 aliphatic carbocycles. The van der Waals surface area contributed by atoms with Crippen LogP contribution >= 0.6 is 22.7 Å². The Labute approximate surface area is 490 Å². The van der Waals surface area contributed by atoms with Crippen LogP contribution in [0.3, 0.4) is 0 Å². The van der Waals surface area contributed by atoms with Gasteiger partial charge in [0.05, 0.1) is 0 Å². The molecule has 0 spiro atoms. The van der Waals surface area contributed by atoms with Crippen LogP contribution in [0, 0.1) is 0 Å². The van der Waals surface area contributed by atoms with Gasteiger partial charge in [-0.1, -0.05) is 227 Å². The number of carbonyl (C=O) groups excluding carboxylic acids is 2. The number of hydrogen-bond acceptors (Lipinski definition) is 12. The third kappa shape index (κ3) is 14.6. The lowest BCUT2D eigenvalue weighted by atomic mass is 9.79. The van der Waals surface area contributed by atoms with Gasteiger partial charge in [-0.2, -0.15) is 0 Å². The largest absolute Gasteiger partial charge is 0.507 e. The van der Waals surface area contributed by atoms with E-state index in [2.05, 4.69) is 163 Å². The van der Waals surface area contributed by atoms with E-state index >= 15 is 0 Å². The molecule has 4 N–H and O–H groups in total. The van der Waals surface area contributed by atoms with Gasteiger partial charge in [0.25, 0.3) is 11.8 Å². The summed E-state index contributed by atoms with van der Waals surface area (Å²) in [5, 5.41) is 50.4. The van der Waals surface area contributed by atoms with Gasteiger partial charge in [0, 0.05) is 25.7 Å². The lowest BCUT2D eigenvalue weighted by molar-refractivity contribution is -0.118. The predicted octanol–water partition coefficient (Wildman–Crippen LogP) is 15.0. The highest BCUT2D eigenvalue weighted by atomic mass is 32.1. The van der Waals surface area contributed by atoms with Crippen LogP contribution in [0.4, 0.5) is 10.3 Å². The van der Waals surface area contributed by atoms with E-state index < -0.39 is 11.8 Å². The molecule has 1 aliphatic rings. The van der Waals surface area contributed by atoms with E-state index in [1.54, 1.807) is 0 Å². The minimum Gasteiger partial charge on any atom is -0.507 e. The van der Waals surface area contributed by atoms with Gasteiger partial charge < -0.3 is 19.7 Å². The SMILES string of the molecule is CC(C)(C)c1cc2c(O)c(c1)Cc1cc(C(C)(C)C)cc(c1OCC(=O)Nc1nnc(/C=C\c3ccccc3)s1)Cc1cc(C(C)(C)C)cc(c1O)Cc1cc(C(C)(C)C)cc(c1OCC(=O)Nc1nnc(/C=C\c3ccccc3)s1)C2. The molecule has 0 atom stereocenters. The van der Waals surface area contributed by atoms with Gasteiger partial charge in [-0.05, 0) is 112 Å². The third-order valence-corrected chi connectivity index (χ3v) is 16.1. The van der Waals surface area contributed by atoms with E-state index in [1.807, 2.05) is 85.0 Å². The van der Waals surface area contributed by atoms with Crippen LogP contribution in [0.2, 0.25) is 0 Å². The smallest absolute Gasteiger partial charge is 0.264 e. The second-order valence-corrected chi connectivity index (χ2v) is 27.3. The van der Waals surface area contributed by atoms with E-state index in [1.165, 1.54) is 22.7 Å². The van der Waals surface area contributed by atoms with E-state index in [-0.39, 0.29) is 72.1 Å². The standard InChI is InChI=1S/C68H74N6O6S2/c1-65(2,3)51-31-43-27-47-35-53(67(7,8)9)37-49(61(47)79-39-55(75)69-63-73-71-57(81-63)25-23-41-19-15-13-16-20-41)29-45-33-52(66(4,5)6)34-46(60(45)78)30-50-38-54(68(10,11)12)36-48(28-44(32-51)59(43)77)62(50)80-40-56(76)70-64-74-72-58(82-64)26-24-42-21-17-14-18-22-42/h13-26,31-38,77-78H,27-30,39-40H2,1-12H3,(H,69,73,75)(H,70,74,76)/b25-23-,26-24-. The number of fused-ring (bicyclic) bond motifs is 8. The molecule has 2 heterocycles. The number of nitrogens with zero attached hydrogens (tertiary/aromatic N) is 4. The van der Waals surface area contributed by atoms with Gasteiger partial charge in [0.15, 0.2) is 13.2 Å². The van der Waals surface area contributed by atoms with E-state index in [4.69, 9.17) is 9.47 Å². The minimum absolute atomic E-state index is 0.123. The summed E-state index contributed by atoms with van der Waals surface area (Å²) in [5.74, 6) is 0.396. The van der Waals surface area contributed by atoms with Crippen LogP contribution in [-0.4, -0.2) is 55.6 Å². The summed E-state index contributed by atoms with van der Waals surface area (Å²) >= 11 is 2.52. The Morgan fingerprint density at radius 3 is 1.00 bits per heavy atom. The number of nitrogens with one attached hydrogen (secondary N) is 2. The topological polar surface area (TPSA) is 169 Å². The van der Waals surface area contributed by atoms with E-state index in [0.29, 0.717) is 54.0 Å². The fourth-order valence-electron chi connectivity index (χ4n) is 9.77. The van der Waals surface area contributed by atoms with Gasteiger partial charge >= 0.3 is 0 Å². The van der Waals surface area contributed by atoms with Crippen LogP contribution in [0.15, 0.2) is 109 Å². The lowest BCUT2D eigenvalue weighted by Gasteiger charge is -2.28. The number of amides is 2. The van der Waals surface area contributed by atoms with Crippen LogP contribution in [-0.2, 0) is 56.9 Å². The zero-order valence-corrected chi connectivity index (χ0v) is 50.7. The normalized spacial score (nSPS) is 13.1. The second-order valence-electron chi connectivity index (χ2n) is 25.3. The van der Waals surface area contributed by atoms with Crippen LogP contribution in [0.25, 0.3) is 24.3 Å². The number of hydrogen-bond donors (Lipinski definition) is 4. The number of phenols is 2. The number of aromatic nitrogens is 4. The first kappa shape index (κ1) is 58.7. The zero-order chi connectivity index (χ0) is 58.7. The van der Waals surface area contributed by atoms with Crippen molar-refractivity contribution in [1.82, 2.24) is 20.4 Å². The third-order valence-electron chi connectivity index (χ3n) is 14.5. The zero-order valence-electron chi connectivity index (χ0n) is 49.1. The molecule has 0 radical (unpaired) electrons. The first-order valence-corrected chi connectivity index (χ1v) is 29.4. The summed E-state index contributed by atoms with van der Waals surface area (Å²) in [4.78, 5) is 27.9. The molecule has 9 rings (SSSR count). The molecule has 6 aromatic carbocycles. The molecule has 12 nitrogen and oxygen atoms in total. The summed E-state index contributed by atoms with van der Waals surface area (Å²) in [6.07, 6.45) is 8.60. The van der Waals surface area contributed by atoms with Crippen molar-refractivity contribution in [3.8, 4) is 23.0 Å². The monoisotopic (exact) mass is 1130 g/mol. The number of aromatic hydroxyl groups is 2. The van der Waals surface area contributed by atoms with Gasteiger partial charge in [-0.25, -0.2) is 0 Å². The summed E-state index contributed by atoms with van der Waals surface area (Å²) in [6, 6.07) is 36.5. The first-order valence-electron chi connectivity index (χ1n) is 27.7. The summed E-state index contributed by atoms with van der Waals surface area (Å²) in [7, 11) is 0. The Morgan fingerprint density at radius 2 is 0.720 bits per heavy atom. The average molecular weight is 1140 g/mol. The summed E-state index contributed by atoms with van der Waals surface area (Å²) < 4.78 is 13.5. The van der Waals surface area contributed by atoms with E-state index in [0.717, 1.165) is 55.6 Å². The van der Waals surface area contributed by atoms with Crippen molar-refractivity contribution >= 4 is 69.1 Å². The lowest BCUT2D eigenvalue weighted by Crippen LogP contribution is -2.22. The van der Waals surface area contributed by atoms with E-state index in [9.17, 15) is 19.8 Å². The maximum absolute atomic E-state index is 14.0. The highest BCUT2D eigenvalue weighted by molar-refractivity contribution is 7.16. The number of carbonyl (C=O) groups is 2. The van der Waals surface area contributed by atoms with Crippen LogP contribution in [0.5, 0.6) is 23.0 Å². The average Bonchev–Trinajstić information content (AvgIpc) is 4.06. The van der Waals surface area contributed by atoms with Gasteiger partial charge in [-0.15, -0.1) is 20.4 Å². The molecule has 8 bridgehead atoms. The molecule has 0 saturated heterocycles. The predicted molar refractivity (Wildman–Crippen MR) is 334 cm³/mol. The Hall–Kier alpha value is -7.94. The van der Waals surface area contributed by atoms with Gasteiger partial charge in [0.2, 0.25) is 10.3 Å². The van der Waals surface area contributed by atoms with Crippen molar-refractivity contribution in [3.63, 3.8) is 0 Å². The summed E-state index contributed by atoms with van der Waals surface area (Å²) in [5.41, 5.74) is 10.6. The molecule has 0 fully saturated rings. The molecular formula is C68H74N6O6S2. The van der Waals surface area contributed by atoms with Crippen molar-refractivity contribution in [2.45, 2.75) is 130 Å². The van der Waals surface area contributed by atoms with Crippen LogP contribution < -0.4 is 20.1 Å². The number of benzene rings is 6. The quantitative estimate of drug-likeness (QED) is 0.0924. The molecular weight excluding hydrogens is 1060 g/mol. The number of anilines is 2. The Morgan fingerprint density at radius 1 is 0.439 bits per heavy atom. The molecule has 0 unspecified atom stereocenters. The minimum atomic E-state index is -0.416. The molecule has 8 aromatic rings. The fourth-order valence-corrected chi connectivity index (χ4v) is 11.1. The van der Waals surface area contributed by atoms with Gasteiger partial charge in [-0.3, -0.25) is 20.2 Å². The van der Waals surface area contributed by atoms with Crippen molar-refractivity contribution in [2.24, 2.45) is 0 Å². The Balaban J connectivity index is 1.15. The maximum atomic E-state index is 14.0. The molecule has 0 aliphatic heterocycles. The molecule has 2 amide bonds. The summed E-state index contributed by atoms with van der Waals surface area (Å²) in [6.45, 7) is 25.2. The molecule has 82 heavy (non-hydrogen) atoms. The number of phenolic OH excluding ortho intramolecular Hbond substituents is 2. The Kier molecular flexibility index (Phi) is 17.1. The molecule has 14 heteroatoms. The van der Waals surface area contributed by atoms with Crippen molar-refractivity contribution in [3.05, 3.63) is 197 Å².